The number of anilines is 2. The summed E-state index contributed by atoms with van der Waals surface area (Å²) in [6.45, 7) is 6.85. The average Bonchev–Trinajstić information content (AvgIpc) is 2.36. The summed E-state index contributed by atoms with van der Waals surface area (Å²) in [6, 6.07) is 5.98. The molecule has 0 aromatic heterocycles. The van der Waals surface area contributed by atoms with E-state index in [1.54, 1.807) is 7.11 Å². The van der Waals surface area contributed by atoms with Gasteiger partial charge in [0.25, 0.3) is 0 Å². The van der Waals surface area contributed by atoms with Crippen LogP contribution in [0.25, 0.3) is 0 Å². The standard InChI is InChI=1S/C16H26N2O/c1-4-8-16(9-5-2)11-18(12-16)15-7-6-13(19-3)10-14(15)17/h6-7,10H,4-5,8-9,11-12,17H2,1-3H3. The van der Waals surface area contributed by atoms with Crippen molar-refractivity contribution in [2.24, 2.45) is 5.41 Å². The molecule has 2 N–H and O–H groups in total. The number of nitrogens with two attached hydrogens (primary N) is 1. The first-order chi connectivity index (χ1) is 9.14. The van der Waals surface area contributed by atoms with Gasteiger partial charge in [0.1, 0.15) is 5.75 Å². The number of hydrogen-bond acceptors (Lipinski definition) is 3. The molecule has 0 aliphatic carbocycles. The first-order valence-electron chi connectivity index (χ1n) is 7.32. The van der Waals surface area contributed by atoms with Crippen molar-refractivity contribution in [1.82, 2.24) is 0 Å². The summed E-state index contributed by atoms with van der Waals surface area (Å²) in [6.07, 6.45) is 5.19. The number of nitrogen functional groups attached to an aromatic ring is 1. The zero-order chi connectivity index (χ0) is 13.9. The van der Waals surface area contributed by atoms with E-state index in [0.717, 1.165) is 30.2 Å². The molecule has 0 unspecified atom stereocenters. The second kappa shape index (κ2) is 5.72. The lowest BCUT2D eigenvalue weighted by Gasteiger charge is -2.52. The van der Waals surface area contributed by atoms with Gasteiger partial charge >= 0.3 is 0 Å². The van der Waals surface area contributed by atoms with E-state index in [1.807, 2.05) is 12.1 Å². The Morgan fingerprint density at radius 3 is 2.32 bits per heavy atom. The van der Waals surface area contributed by atoms with Gasteiger partial charge in [-0.05, 0) is 25.0 Å². The lowest BCUT2D eigenvalue weighted by Crippen LogP contribution is -2.56. The number of hydrogen-bond donors (Lipinski definition) is 1. The highest BCUT2D eigenvalue weighted by Gasteiger charge is 2.41. The van der Waals surface area contributed by atoms with Crippen LogP contribution in [0.5, 0.6) is 5.75 Å². The fourth-order valence-electron chi connectivity index (χ4n) is 3.38. The van der Waals surface area contributed by atoms with Crippen LogP contribution in [0.1, 0.15) is 39.5 Å². The van der Waals surface area contributed by atoms with Crippen LogP contribution >= 0.6 is 0 Å². The third kappa shape index (κ3) is 2.80. The third-order valence-electron chi connectivity index (χ3n) is 4.19. The van der Waals surface area contributed by atoms with Gasteiger partial charge in [0.15, 0.2) is 0 Å². The van der Waals surface area contributed by atoms with Crippen LogP contribution in [0.15, 0.2) is 18.2 Å². The molecule has 1 aromatic carbocycles. The maximum absolute atomic E-state index is 6.12. The Kier molecular flexibility index (Phi) is 4.23. The zero-order valence-corrected chi connectivity index (χ0v) is 12.4. The summed E-state index contributed by atoms with van der Waals surface area (Å²) in [5.74, 6) is 0.829. The fraction of sp³-hybridized carbons (Fsp3) is 0.625. The Morgan fingerprint density at radius 1 is 1.21 bits per heavy atom. The summed E-state index contributed by atoms with van der Waals surface area (Å²) in [5.41, 5.74) is 8.62. The first-order valence-corrected chi connectivity index (χ1v) is 7.32. The van der Waals surface area contributed by atoms with E-state index < -0.39 is 0 Å². The van der Waals surface area contributed by atoms with Crippen molar-refractivity contribution in [3.63, 3.8) is 0 Å². The molecule has 0 amide bonds. The Hall–Kier alpha value is -1.38. The number of benzene rings is 1. The van der Waals surface area contributed by atoms with E-state index in [2.05, 4.69) is 24.8 Å². The van der Waals surface area contributed by atoms with E-state index in [0.29, 0.717) is 5.41 Å². The zero-order valence-electron chi connectivity index (χ0n) is 12.4. The van der Waals surface area contributed by atoms with Crippen molar-refractivity contribution in [2.75, 3.05) is 30.8 Å². The van der Waals surface area contributed by atoms with Gasteiger partial charge in [-0.15, -0.1) is 0 Å². The molecular formula is C16H26N2O. The molecule has 1 aliphatic heterocycles. The summed E-state index contributed by atoms with van der Waals surface area (Å²) >= 11 is 0. The molecule has 106 valence electrons. The fourth-order valence-corrected chi connectivity index (χ4v) is 3.38. The minimum atomic E-state index is 0.524. The van der Waals surface area contributed by atoms with Crippen LogP contribution in [0.3, 0.4) is 0 Å². The van der Waals surface area contributed by atoms with Gasteiger partial charge in [-0.1, -0.05) is 26.7 Å². The number of ether oxygens (including phenoxy) is 1. The van der Waals surface area contributed by atoms with Gasteiger partial charge in [-0.3, -0.25) is 0 Å². The first kappa shape index (κ1) is 14.0. The summed E-state index contributed by atoms with van der Waals surface area (Å²) in [5, 5.41) is 0. The quantitative estimate of drug-likeness (QED) is 0.795. The lowest BCUT2D eigenvalue weighted by molar-refractivity contribution is 0.173. The van der Waals surface area contributed by atoms with Gasteiger partial charge in [0, 0.05) is 24.6 Å². The molecule has 0 bridgehead atoms. The maximum atomic E-state index is 6.12. The van der Waals surface area contributed by atoms with Crippen LogP contribution in [-0.4, -0.2) is 20.2 Å². The Bertz CT molecular complexity index is 417. The van der Waals surface area contributed by atoms with Crippen LogP contribution in [0, 0.1) is 5.41 Å². The van der Waals surface area contributed by atoms with Crippen molar-refractivity contribution in [3.05, 3.63) is 18.2 Å². The van der Waals surface area contributed by atoms with Crippen LogP contribution in [0.4, 0.5) is 11.4 Å². The Morgan fingerprint density at radius 2 is 1.84 bits per heavy atom. The highest BCUT2D eigenvalue weighted by molar-refractivity contribution is 5.70. The maximum Gasteiger partial charge on any atom is 0.121 e. The summed E-state index contributed by atoms with van der Waals surface area (Å²) < 4.78 is 5.20. The molecule has 2 rings (SSSR count). The molecular weight excluding hydrogens is 236 g/mol. The predicted molar refractivity (Wildman–Crippen MR) is 81.9 cm³/mol. The molecule has 0 saturated carbocycles. The van der Waals surface area contributed by atoms with Crippen LogP contribution < -0.4 is 15.4 Å². The van der Waals surface area contributed by atoms with Gasteiger partial charge < -0.3 is 15.4 Å². The number of methoxy groups -OCH3 is 1. The van der Waals surface area contributed by atoms with Gasteiger partial charge in [-0.2, -0.15) is 0 Å². The average molecular weight is 262 g/mol. The minimum absolute atomic E-state index is 0.524. The molecule has 1 fully saturated rings. The Balaban J connectivity index is 2.06. The molecule has 1 heterocycles. The molecule has 1 aromatic rings. The smallest absolute Gasteiger partial charge is 0.121 e. The van der Waals surface area contributed by atoms with Crippen molar-refractivity contribution >= 4 is 11.4 Å². The normalized spacial score (nSPS) is 17.1. The molecule has 0 spiro atoms. The topological polar surface area (TPSA) is 38.5 Å². The highest BCUT2D eigenvalue weighted by Crippen LogP contribution is 2.43. The summed E-state index contributed by atoms with van der Waals surface area (Å²) in [4.78, 5) is 2.40. The van der Waals surface area contributed by atoms with Crippen LogP contribution in [0.2, 0.25) is 0 Å². The highest BCUT2D eigenvalue weighted by atomic mass is 16.5. The van der Waals surface area contributed by atoms with E-state index in [1.165, 1.54) is 25.7 Å². The second-order valence-electron chi connectivity index (χ2n) is 5.78. The Labute approximate surface area is 116 Å². The van der Waals surface area contributed by atoms with Crippen molar-refractivity contribution in [2.45, 2.75) is 39.5 Å². The molecule has 3 nitrogen and oxygen atoms in total. The monoisotopic (exact) mass is 262 g/mol. The van der Waals surface area contributed by atoms with Gasteiger partial charge in [-0.25, -0.2) is 0 Å². The van der Waals surface area contributed by atoms with Gasteiger partial charge in [0.2, 0.25) is 0 Å². The van der Waals surface area contributed by atoms with E-state index in [9.17, 15) is 0 Å². The number of rotatable bonds is 6. The predicted octanol–water partition coefficient (Wildman–Crippen LogP) is 3.68. The third-order valence-corrected chi connectivity index (χ3v) is 4.19. The molecule has 3 heteroatoms. The van der Waals surface area contributed by atoms with Crippen molar-refractivity contribution < 1.29 is 4.74 Å². The van der Waals surface area contributed by atoms with E-state index in [-0.39, 0.29) is 0 Å². The lowest BCUT2D eigenvalue weighted by atomic mass is 9.72. The number of nitrogens with zero attached hydrogens (tertiary/aromatic N) is 1. The van der Waals surface area contributed by atoms with E-state index >= 15 is 0 Å². The SMILES string of the molecule is CCCC1(CCC)CN(c2ccc(OC)cc2N)C1. The molecule has 1 aliphatic rings. The molecule has 1 saturated heterocycles. The van der Waals surface area contributed by atoms with Crippen molar-refractivity contribution in [3.8, 4) is 5.75 Å². The second-order valence-corrected chi connectivity index (χ2v) is 5.78. The molecule has 0 radical (unpaired) electrons. The minimum Gasteiger partial charge on any atom is -0.497 e. The van der Waals surface area contributed by atoms with Crippen LogP contribution in [-0.2, 0) is 0 Å². The van der Waals surface area contributed by atoms with Crippen molar-refractivity contribution in [1.29, 1.82) is 0 Å². The summed E-state index contributed by atoms with van der Waals surface area (Å²) in [7, 11) is 1.67. The van der Waals surface area contributed by atoms with Gasteiger partial charge in [0.05, 0.1) is 18.5 Å². The van der Waals surface area contributed by atoms with E-state index in [4.69, 9.17) is 10.5 Å². The molecule has 19 heavy (non-hydrogen) atoms. The largest absolute Gasteiger partial charge is 0.497 e. The molecule has 0 atom stereocenters.